The molecule has 0 bridgehead atoms. The lowest BCUT2D eigenvalue weighted by Gasteiger charge is -2.32. The first-order chi connectivity index (χ1) is 19.7. The summed E-state index contributed by atoms with van der Waals surface area (Å²) in [6, 6.07) is 19.6. The van der Waals surface area contributed by atoms with Crippen LogP contribution < -0.4 is 10.6 Å². The third-order valence-electron chi connectivity index (χ3n) is 7.43. The Morgan fingerprint density at radius 1 is 1.00 bits per heavy atom. The molecule has 212 valence electrons. The normalized spacial score (nSPS) is 14.8. The maximum Gasteiger partial charge on any atom is 0.337 e. The number of carbonyl (C=O) groups excluding carboxylic acids is 2. The predicted molar refractivity (Wildman–Crippen MR) is 161 cm³/mol. The quantitative estimate of drug-likeness (QED) is 0.181. The van der Waals surface area contributed by atoms with Crippen LogP contribution >= 0.6 is 0 Å². The minimum Gasteiger partial charge on any atom is -0.494 e. The molecule has 1 aliphatic heterocycles. The van der Waals surface area contributed by atoms with E-state index in [9.17, 15) is 14.7 Å². The second-order valence-corrected chi connectivity index (χ2v) is 10.2. The molecule has 0 spiro atoms. The number of benzene rings is 3. The van der Waals surface area contributed by atoms with E-state index < -0.39 is 5.97 Å². The number of likely N-dealkylation sites (N-methyl/N-ethyl adjacent to an activating group) is 2. The van der Waals surface area contributed by atoms with Crippen LogP contribution in [-0.4, -0.2) is 91.4 Å². The fraction of sp³-hybridized carbons (Fsp3) is 0.258. The first kappa shape index (κ1) is 27.9. The number of H-pyrrole nitrogens is 1. The van der Waals surface area contributed by atoms with Gasteiger partial charge in [0.15, 0.2) is 5.88 Å². The zero-order chi connectivity index (χ0) is 29.1. The molecular formula is C31H34N6O4. The summed E-state index contributed by atoms with van der Waals surface area (Å²) in [5.41, 5.74) is 10.6. The van der Waals surface area contributed by atoms with Crippen molar-refractivity contribution >= 4 is 45.6 Å². The predicted octanol–water partition coefficient (Wildman–Crippen LogP) is 3.62. The minimum absolute atomic E-state index is 0.0264. The molecular weight excluding hydrogens is 520 g/mol. The number of aromatic amines is 1. The van der Waals surface area contributed by atoms with Crippen LogP contribution in [0.4, 0.5) is 17.1 Å². The number of hydrogen-bond donors (Lipinski definition) is 3. The monoisotopic (exact) mass is 554 g/mol. The van der Waals surface area contributed by atoms with Crippen molar-refractivity contribution in [1.29, 1.82) is 0 Å². The van der Waals surface area contributed by atoms with Crippen LogP contribution in [0.1, 0.15) is 21.5 Å². The van der Waals surface area contributed by atoms with Gasteiger partial charge in [0.05, 0.1) is 36.2 Å². The topological polar surface area (TPSA) is 127 Å². The number of aromatic hydroxyl groups is 1. The number of aromatic nitrogens is 1. The first-order valence-electron chi connectivity index (χ1n) is 13.4. The van der Waals surface area contributed by atoms with Gasteiger partial charge in [0.1, 0.15) is 0 Å². The summed E-state index contributed by atoms with van der Waals surface area (Å²) >= 11 is 0. The van der Waals surface area contributed by atoms with Crippen LogP contribution in [0.15, 0.2) is 71.7 Å². The van der Waals surface area contributed by atoms with Crippen molar-refractivity contribution in [2.45, 2.75) is 0 Å². The molecule has 10 heteroatoms. The summed E-state index contributed by atoms with van der Waals surface area (Å²) in [5, 5.41) is 11.6. The Balaban J connectivity index is 1.48. The van der Waals surface area contributed by atoms with Crippen molar-refractivity contribution in [2.24, 2.45) is 4.99 Å². The highest BCUT2D eigenvalue weighted by atomic mass is 16.5. The largest absolute Gasteiger partial charge is 0.494 e. The van der Waals surface area contributed by atoms with Gasteiger partial charge < -0.3 is 30.4 Å². The summed E-state index contributed by atoms with van der Waals surface area (Å²) in [4.78, 5) is 39.2. The van der Waals surface area contributed by atoms with Crippen LogP contribution in [0.2, 0.25) is 0 Å². The maximum atomic E-state index is 13.0. The summed E-state index contributed by atoms with van der Waals surface area (Å²) in [6.45, 7) is 4.03. The Kier molecular flexibility index (Phi) is 8.04. The number of nitrogen functional groups attached to an aromatic ring is 1. The minimum atomic E-state index is -0.480. The van der Waals surface area contributed by atoms with Gasteiger partial charge in [-0.2, -0.15) is 0 Å². The van der Waals surface area contributed by atoms with Gasteiger partial charge in [-0.3, -0.25) is 9.69 Å². The second kappa shape index (κ2) is 11.8. The molecule has 1 saturated heterocycles. The van der Waals surface area contributed by atoms with Gasteiger partial charge >= 0.3 is 5.97 Å². The number of nitrogens with zero attached hydrogens (tertiary/aromatic N) is 4. The van der Waals surface area contributed by atoms with Crippen molar-refractivity contribution in [3.05, 3.63) is 83.4 Å². The molecule has 1 aromatic heterocycles. The number of anilines is 2. The molecule has 1 fully saturated rings. The van der Waals surface area contributed by atoms with Gasteiger partial charge in [0.2, 0.25) is 5.91 Å². The molecule has 41 heavy (non-hydrogen) atoms. The molecule has 0 aliphatic carbocycles. The van der Waals surface area contributed by atoms with Crippen molar-refractivity contribution in [3.8, 4) is 5.88 Å². The van der Waals surface area contributed by atoms with Gasteiger partial charge in [-0.05, 0) is 61.6 Å². The number of piperazine rings is 1. The smallest absolute Gasteiger partial charge is 0.337 e. The van der Waals surface area contributed by atoms with Crippen molar-refractivity contribution in [3.63, 3.8) is 0 Å². The van der Waals surface area contributed by atoms with Crippen molar-refractivity contribution < 1.29 is 19.4 Å². The molecule has 2 heterocycles. The van der Waals surface area contributed by atoms with Gasteiger partial charge in [0.25, 0.3) is 0 Å². The highest BCUT2D eigenvalue weighted by Crippen LogP contribution is 2.33. The van der Waals surface area contributed by atoms with E-state index in [1.54, 1.807) is 42.3 Å². The zero-order valence-corrected chi connectivity index (χ0v) is 23.4. The summed E-state index contributed by atoms with van der Waals surface area (Å²) < 4.78 is 4.89. The fourth-order valence-electron chi connectivity index (χ4n) is 4.90. The van der Waals surface area contributed by atoms with Crippen LogP contribution in [0.3, 0.4) is 0 Å². The van der Waals surface area contributed by atoms with Crippen LogP contribution in [0.25, 0.3) is 10.9 Å². The van der Waals surface area contributed by atoms with Crippen LogP contribution in [0, 0.1) is 0 Å². The number of hydrogen-bond acceptors (Lipinski definition) is 8. The molecule has 1 amide bonds. The lowest BCUT2D eigenvalue weighted by atomic mass is 9.99. The Morgan fingerprint density at radius 2 is 1.66 bits per heavy atom. The fourth-order valence-corrected chi connectivity index (χ4v) is 4.90. The lowest BCUT2D eigenvalue weighted by molar-refractivity contribution is -0.119. The maximum absolute atomic E-state index is 13.0. The van der Waals surface area contributed by atoms with Gasteiger partial charge in [-0.15, -0.1) is 0 Å². The van der Waals surface area contributed by atoms with Gasteiger partial charge in [0, 0.05) is 61.1 Å². The van der Waals surface area contributed by atoms with Crippen LogP contribution in [0.5, 0.6) is 5.88 Å². The number of nitrogens with two attached hydrogens (primary N) is 1. The Morgan fingerprint density at radius 3 is 2.32 bits per heavy atom. The third kappa shape index (κ3) is 6.08. The SMILES string of the molecule is COC(=O)c1ccc2[nH]c(O)c(C(=Nc3ccc(N(C)C(=O)CN4CCN(C)CC4)cc3)c3ccc(N)cc3)c2c1. The second-order valence-electron chi connectivity index (χ2n) is 10.2. The average Bonchev–Trinajstić information content (AvgIpc) is 3.31. The standard InChI is InChI=1S/C31H34N6O4/c1-35-14-16-37(17-15-35)19-27(38)36(2)24-11-9-23(10-12-24)33-29(20-4-7-22(32)8-5-20)28-25-18-21(31(40)41-3)6-13-26(25)34-30(28)39/h4-13,18,34,39H,14-17,19,32H2,1-3H3. The summed E-state index contributed by atoms with van der Waals surface area (Å²) in [6.07, 6.45) is 0. The Hall–Kier alpha value is -4.67. The van der Waals surface area contributed by atoms with E-state index in [-0.39, 0.29) is 11.8 Å². The van der Waals surface area contributed by atoms with E-state index in [1.807, 2.05) is 36.4 Å². The number of ether oxygens (including phenoxy) is 1. The first-order valence-corrected chi connectivity index (χ1v) is 13.4. The van der Waals surface area contributed by atoms with Crippen molar-refractivity contribution in [2.75, 3.05) is 64.6 Å². The molecule has 3 aromatic carbocycles. The number of fused-ring (bicyclic) bond motifs is 1. The van der Waals surface area contributed by atoms with E-state index in [1.165, 1.54) is 7.11 Å². The highest BCUT2D eigenvalue weighted by molar-refractivity contribution is 6.22. The Bertz CT molecular complexity index is 1590. The number of aliphatic imine (C=N–C) groups is 1. The van der Waals surface area contributed by atoms with E-state index in [0.29, 0.717) is 45.7 Å². The zero-order valence-electron chi connectivity index (χ0n) is 23.4. The number of methoxy groups -OCH3 is 1. The van der Waals surface area contributed by atoms with E-state index >= 15 is 0 Å². The molecule has 0 atom stereocenters. The lowest BCUT2D eigenvalue weighted by Crippen LogP contribution is -2.48. The van der Waals surface area contributed by atoms with Crippen molar-refractivity contribution in [1.82, 2.24) is 14.8 Å². The number of amides is 1. The highest BCUT2D eigenvalue weighted by Gasteiger charge is 2.22. The average molecular weight is 555 g/mol. The molecule has 0 unspecified atom stereocenters. The third-order valence-corrected chi connectivity index (χ3v) is 7.43. The molecule has 4 N–H and O–H groups in total. The summed E-state index contributed by atoms with van der Waals surface area (Å²) in [5.74, 6) is -0.534. The number of rotatable bonds is 7. The van der Waals surface area contributed by atoms with E-state index in [4.69, 9.17) is 15.5 Å². The molecule has 5 rings (SSSR count). The molecule has 0 radical (unpaired) electrons. The number of nitrogens with one attached hydrogen (secondary N) is 1. The van der Waals surface area contributed by atoms with E-state index in [0.717, 1.165) is 37.4 Å². The van der Waals surface area contributed by atoms with E-state index in [2.05, 4.69) is 21.8 Å². The van der Waals surface area contributed by atoms with Crippen LogP contribution in [-0.2, 0) is 9.53 Å². The molecule has 10 nitrogen and oxygen atoms in total. The number of carbonyl (C=O) groups is 2. The molecule has 1 aliphatic rings. The Labute approximate surface area is 238 Å². The molecule has 0 saturated carbocycles. The number of esters is 1. The summed E-state index contributed by atoms with van der Waals surface area (Å²) in [7, 11) is 5.19. The van der Waals surface area contributed by atoms with Gasteiger partial charge in [-0.1, -0.05) is 12.1 Å². The molecule has 4 aromatic rings. The van der Waals surface area contributed by atoms with Gasteiger partial charge in [-0.25, -0.2) is 9.79 Å².